The summed E-state index contributed by atoms with van der Waals surface area (Å²) >= 11 is 0. The molecule has 1 aromatic rings. The molecular formula is C17H21NO2. The predicted octanol–water partition coefficient (Wildman–Crippen LogP) is 2.46. The van der Waals surface area contributed by atoms with Crippen LogP contribution in [-0.4, -0.2) is 37.1 Å². The van der Waals surface area contributed by atoms with E-state index in [2.05, 4.69) is 16.7 Å². The van der Waals surface area contributed by atoms with Gasteiger partial charge in [0.05, 0.1) is 20.2 Å². The highest BCUT2D eigenvalue weighted by Gasteiger charge is 2.23. The minimum absolute atomic E-state index is 0.182. The summed E-state index contributed by atoms with van der Waals surface area (Å²) in [6.45, 7) is 0.958. The summed E-state index contributed by atoms with van der Waals surface area (Å²) in [7, 11) is 1.44. The van der Waals surface area contributed by atoms with Gasteiger partial charge in [0.25, 0.3) is 0 Å². The Labute approximate surface area is 120 Å². The molecule has 0 radical (unpaired) electrons. The summed E-state index contributed by atoms with van der Waals surface area (Å²) in [5, 5.41) is 0. The van der Waals surface area contributed by atoms with E-state index >= 15 is 0 Å². The maximum Gasteiger partial charge on any atom is 0.319 e. The lowest BCUT2D eigenvalue weighted by atomic mass is 10.2. The third-order valence-corrected chi connectivity index (χ3v) is 3.69. The highest BCUT2D eigenvalue weighted by molar-refractivity contribution is 5.71. The second kappa shape index (κ2) is 7.72. The molecule has 0 atom stereocenters. The number of hydrogen-bond acceptors (Lipinski definition) is 3. The Morgan fingerprint density at radius 2 is 2.00 bits per heavy atom. The number of nitrogens with zero attached hydrogens (tertiary/aromatic N) is 1. The van der Waals surface area contributed by atoms with Gasteiger partial charge >= 0.3 is 5.97 Å². The van der Waals surface area contributed by atoms with Crippen LogP contribution in [0.1, 0.15) is 31.2 Å². The second-order valence-corrected chi connectivity index (χ2v) is 5.09. The summed E-state index contributed by atoms with van der Waals surface area (Å²) in [5.74, 6) is 6.14. The molecule has 0 heterocycles. The van der Waals surface area contributed by atoms with E-state index < -0.39 is 0 Å². The van der Waals surface area contributed by atoms with Gasteiger partial charge < -0.3 is 4.74 Å². The summed E-state index contributed by atoms with van der Waals surface area (Å²) in [6.07, 6.45) is 4.80. The molecule has 3 nitrogen and oxygen atoms in total. The van der Waals surface area contributed by atoms with Gasteiger partial charge in [0.1, 0.15) is 0 Å². The summed E-state index contributed by atoms with van der Waals surface area (Å²) in [5.41, 5.74) is 1.01. The lowest BCUT2D eigenvalue weighted by molar-refractivity contribution is -0.142. The Morgan fingerprint density at radius 3 is 2.65 bits per heavy atom. The second-order valence-electron chi connectivity index (χ2n) is 5.09. The van der Waals surface area contributed by atoms with Gasteiger partial charge in [0, 0.05) is 11.6 Å². The molecule has 0 aromatic heterocycles. The van der Waals surface area contributed by atoms with Crippen molar-refractivity contribution < 1.29 is 9.53 Å². The average molecular weight is 271 g/mol. The van der Waals surface area contributed by atoms with Crippen LogP contribution < -0.4 is 0 Å². The van der Waals surface area contributed by atoms with E-state index in [1.807, 2.05) is 30.3 Å². The van der Waals surface area contributed by atoms with Crippen LogP contribution >= 0.6 is 0 Å². The Balaban J connectivity index is 1.96. The van der Waals surface area contributed by atoms with E-state index in [0.717, 1.165) is 18.4 Å². The van der Waals surface area contributed by atoms with Gasteiger partial charge in [0.15, 0.2) is 0 Å². The fraction of sp³-hybridized carbons (Fsp3) is 0.471. The van der Waals surface area contributed by atoms with Crippen molar-refractivity contribution in [3.8, 4) is 11.8 Å². The molecule has 2 rings (SSSR count). The first kappa shape index (κ1) is 14.6. The first-order chi connectivity index (χ1) is 9.79. The molecule has 0 unspecified atom stereocenters. The number of carbonyl (C=O) groups excluding carboxylic acids is 1. The third-order valence-electron chi connectivity index (χ3n) is 3.69. The Hall–Kier alpha value is -1.79. The van der Waals surface area contributed by atoms with E-state index in [4.69, 9.17) is 4.74 Å². The quantitative estimate of drug-likeness (QED) is 0.622. The fourth-order valence-electron chi connectivity index (χ4n) is 2.58. The molecule has 0 spiro atoms. The van der Waals surface area contributed by atoms with E-state index in [9.17, 15) is 4.79 Å². The van der Waals surface area contributed by atoms with Crippen LogP contribution in [-0.2, 0) is 9.53 Å². The van der Waals surface area contributed by atoms with Crippen LogP contribution in [0.2, 0.25) is 0 Å². The van der Waals surface area contributed by atoms with Gasteiger partial charge in [0.2, 0.25) is 0 Å². The van der Waals surface area contributed by atoms with Gasteiger partial charge in [-0.05, 0) is 25.0 Å². The number of benzene rings is 1. The molecule has 0 amide bonds. The molecule has 1 aliphatic rings. The van der Waals surface area contributed by atoms with Crippen molar-refractivity contribution in [2.24, 2.45) is 0 Å². The van der Waals surface area contributed by atoms with Crippen molar-refractivity contribution in [2.45, 2.75) is 31.7 Å². The van der Waals surface area contributed by atoms with Crippen molar-refractivity contribution in [2.75, 3.05) is 20.2 Å². The van der Waals surface area contributed by atoms with Crippen LogP contribution in [0, 0.1) is 11.8 Å². The van der Waals surface area contributed by atoms with Gasteiger partial charge in [-0.25, -0.2) is 0 Å². The lowest BCUT2D eigenvalue weighted by Crippen LogP contribution is -2.38. The summed E-state index contributed by atoms with van der Waals surface area (Å²) in [6, 6.07) is 10.4. The van der Waals surface area contributed by atoms with Crippen LogP contribution in [0.25, 0.3) is 0 Å². The zero-order valence-electron chi connectivity index (χ0n) is 12.0. The molecule has 0 saturated heterocycles. The molecule has 106 valence electrons. The molecule has 0 aliphatic heterocycles. The first-order valence-electron chi connectivity index (χ1n) is 7.14. The molecule has 3 heteroatoms. The Bertz CT molecular complexity index is 481. The summed E-state index contributed by atoms with van der Waals surface area (Å²) in [4.78, 5) is 13.6. The molecule has 0 bridgehead atoms. The highest BCUT2D eigenvalue weighted by atomic mass is 16.5. The molecule has 1 fully saturated rings. The van der Waals surface area contributed by atoms with Crippen molar-refractivity contribution in [1.82, 2.24) is 4.90 Å². The minimum atomic E-state index is -0.182. The Morgan fingerprint density at radius 1 is 1.30 bits per heavy atom. The molecule has 0 N–H and O–H groups in total. The van der Waals surface area contributed by atoms with Crippen molar-refractivity contribution >= 4 is 5.97 Å². The number of carbonyl (C=O) groups is 1. The van der Waals surface area contributed by atoms with Gasteiger partial charge in [-0.3, -0.25) is 9.69 Å². The normalized spacial score (nSPS) is 14.9. The molecular weight excluding hydrogens is 250 g/mol. The predicted molar refractivity (Wildman–Crippen MR) is 79.2 cm³/mol. The number of ether oxygens (including phenoxy) is 1. The molecule has 1 aromatic carbocycles. The number of methoxy groups -OCH3 is 1. The van der Waals surface area contributed by atoms with E-state index in [-0.39, 0.29) is 5.97 Å². The smallest absolute Gasteiger partial charge is 0.319 e. The molecule has 20 heavy (non-hydrogen) atoms. The van der Waals surface area contributed by atoms with Crippen LogP contribution in [0.4, 0.5) is 0 Å². The first-order valence-corrected chi connectivity index (χ1v) is 7.14. The zero-order chi connectivity index (χ0) is 14.2. The van der Waals surface area contributed by atoms with Gasteiger partial charge in [-0.1, -0.05) is 42.9 Å². The maximum absolute atomic E-state index is 11.5. The molecule has 1 aliphatic carbocycles. The van der Waals surface area contributed by atoms with Crippen molar-refractivity contribution in [3.63, 3.8) is 0 Å². The zero-order valence-corrected chi connectivity index (χ0v) is 12.0. The van der Waals surface area contributed by atoms with Crippen LogP contribution in [0.5, 0.6) is 0 Å². The fourth-order valence-corrected chi connectivity index (χ4v) is 2.58. The number of hydrogen-bond donors (Lipinski definition) is 0. The van der Waals surface area contributed by atoms with E-state index in [1.165, 1.54) is 20.0 Å². The van der Waals surface area contributed by atoms with E-state index in [0.29, 0.717) is 19.1 Å². The minimum Gasteiger partial charge on any atom is -0.468 e. The van der Waals surface area contributed by atoms with Crippen LogP contribution in [0.3, 0.4) is 0 Å². The highest BCUT2D eigenvalue weighted by Crippen LogP contribution is 2.23. The largest absolute Gasteiger partial charge is 0.468 e. The third kappa shape index (κ3) is 4.40. The van der Waals surface area contributed by atoms with Crippen LogP contribution in [0.15, 0.2) is 30.3 Å². The maximum atomic E-state index is 11.5. The SMILES string of the molecule is COC(=O)CN(CC#Cc1ccccc1)C1CCCC1. The lowest BCUT2D eigenvalue weighted by Gasteiger charge is -2.25. The topological polar surface area (TPSA) is 29.5 Å². The monoisotopic (exact) mass is 271 g/mol. The average Bonchev–Trinajstić information content (AvgIpc) is 3.01. The van der Waals surface area contributed by atoms with Crippen molar-refractivity contribution in [1.29, 1.82) is 0 Å². The van der Waals surface area contributed by atoms with E-state index in [1.54, 1.807) is 0 Å². The summed E-state index contributed by atoms with van der Waals surface area (Å²) < 4.78 is 4.78. The number of esters is 1. The number of rotatable bonds is 4. The van der Waals surface area contributed by atoms with Gasteiger partial charge in [-0.2, -0.15) is 0 Å². The van der Waals surface area contributed by atoms with Gasteiger partial charge in [-0.15, -0.1) is 0 Å². The Kier molecular flexibility index (Phi) is 5.64. The van der Waals surface area contributed by atoms with Crippen molar-refractivity contribution in [3.05, 3.63) is 35.9 Å². The molecule has 1 saturated carbocycles. The standard InChI is InChI=1S/C17H21NO2/c1-20-17(19)14-18(16-11-5-6-12-16)13-7-10-15-8-3-2-4-9-15/h2-4,8-9,16H,5-6,11-14H2,1H3.